The van der Waals surface area contributed by atoms with Crippen molar-refractivity contribution in [2.45, 2.75) is 11.8 Å². The minimum atomic E-state index is -4.28. The van der Waals surface area contributed by atoms with Gasteiger partial charge in [-0.1, -0.05) is 60.7 Å². The summed E-state index contributed by atoms with van der Waals surface area (Å²) < 4.78 is 27.3. The molecule has 0 aromatic heterocycles. The Kier molecular flexibility index (Phi) is 6.96. The molecule has 3 aromatic rings. The molecule has 0 bridgehead atoms. The first kappa shape index (κ1) is 22.6. The van der Waals surface area contributed by atoms with Crippen LogP contribution in [-0.4, -0.2) is 31.5 Å². The molecular formula is C22H20N4O5S. The van der Waals surface area contributed by atoms with Gasteiger partial charge in [0.2, 0.25) is 0 Å². The highest BCUT2D eigenvalue weighted by Crippen LogP contribution is 2.31. The molecule has 0 radical (unpaired) electrons. The number of rotatable bonds is 8. The van der Waals surface area contributed by atoms with E-state index >= 15 is 0 Å². The Morgan fingerprint density at radius 3 is 2.16 bits per heavy atom. The van der Waals surface area contributed by atoms with Gasteiger partial charge in [0.05, 0.1) is 15.5 Å². The molecule has 3 aromatic carbocycles. The highest BCUT2D eigenvalue weighted by atomic mass is 32.2. The van der Waals surface area contributed by atoms with Gasteiger partial charge < -0.3 is 0 Å². The standard InChI is InChI=1S/C22H20N4O5S/c1-17(18-10-4-2-5-11-18)23-24-22(27)16-25(20-14-8-9-15-21(20)26(28)29)32(30,31)19-12-6-3-7-13-19/h2-15H,16H2,1H3,(H,24,27)/b23-17-. The lowest BCUT2D eigenvalue weighted by Gasteiger charge is -2.23. The van der Waals surface area contributed by atoms with Gasteiger partial charge in [-0.2, -0.15) is 5.10 Å². The Hall–Kier alpha value is -4.05. The molecule has 9 nitrogen and oxygen atoms in total. The second-order valence-electron chi connectivity index (χ2n) is 6.67. The van der Waals surface area contributed by atoms with Crippen LogP contribution >= 0.6 is 0 Å². The Bertz CT molecular complexity index is 1250. The van der Waals surface area contributed by atoms with Gasteiger partial charge in [0.1, 0.15) is 12.2 Å². The number of nitro groups is 1. The lowest BCUT2D eigenvalue weighted by molar-refractivity contribution is -0.384. The second-order valence-corrected chi connectivity index (χ2v) is 8.53. The molecule has 0 spiro atoms. The Balaban J connectivity index is 1.95. The van der Waals surface area contributed by atoms with Crippen molar-refractivity contribution in [1.29, 1.82) is 0 Å². The van der Waals surface area contributed by atoms with Crippen molar-refractivity contribution < 1.29 is 18.1 Å². The molecule has 1 amide bonds. The zero-order valence-electron chi connectivity index (χ0n) is 17.1. The van der Waals surface area contributed by atoms with Gasteiger partial charge in [-0.15, -0.1) is 0 Å². The maximum Gasteiger partial charge on any atom is 0.293 e. The van der Waals surface area contributed by atoms with Gasteiger partial charge >= 0.3 is 0 Å². The largest absolute Gasteiger partial charge is 0.293 e. The summed E-state index contributed by atoms with van der Waals surface area (Å²) in [5.41, 5.74) is 2.96. The van der Waals surface area contributed by atoms with Crippen molar-refractivity contribution in [2.24, 2.45) is 5.10 Å². The molecule has 0 saturated carbocycles. The molecule has 0 saturated heterocycles. The predicted octanol–water partition coefficient (Wildman–Crippen LogP) is 3.33. The van der Waals surface area contributed by atoms with Crippen molar-refractivity contribution in [1.82, 2.24) is 5.43 Å². The second kappa shape index (κ2) is 9.84. The molecule has 3 rings (SSSR count). The van der Waals surface area contributed by atoms with Gasteiger partial charge in [0.15, 0.2) is 0 Å². The van der Waals surface area contributed by atoms with Gasteiger partial charge in [-0.05, 0) is 30.7 Å². The van der Waals surface area contributed by atoms with Crippen LogP contribution in [0.5, 0.6) is 0 Å². The predicted molar refractivity (Wildman–Crippen MR) is 121 cm³/mol. The number of hydrogen-bond acceptors (Lipinski definition) is 6. The summed E-state index contributed by atoms with van der Waals surface area (Å²) in [5.74, 6) is -0.752. The number of amides is 1. The Morgan fingerprint density at radius 2 is 1.53 bits per heavy atom. The van der Waals surface area contributed by atoms with E-state index in [0.717, 1.165) is 5.56 Å². The Labute approximate surface area is 185 Å². The number of hydrazone groups is 1. The molecule has 0 aliphatic carbocycles. The lowest BCUT2D eigenvalue weighted by Crippen LogP contribution is -2.40. The third kappa shape index (κ3) is 5.16. The van der Waals surface area contributed by atoms with Gasteiger partial charge in [-0.25, -0.2) is 18.1 Å². The zero-order valence-corrected chi connectivity index (χ0v) is 17.9. The number of carbonyl (C=O) groups is 1. The molecular weight excluding hydrogens is 432 g/mol. The molecule has 1 N–H and O–H groups in total. The van der Waals surface area contributed by atoms with E-state index < -0.39 is 33.1 Å². The van der Waals surface area contributed by atoms with Crippen molar-refractivity contribution in [3.05, 3.63) is 101 Å². The third-order valence-electron chi connectivity index (χ3n) is 4.51. The summed E-state index contributed by atoms with van der Waals surface area (Å²) in [6.45, 7) is 0.990. The number of para-hydroxylation sites is 2. The highest BCUT2D eigenvalue weighted by Gasteiger charge is 2.31. The summed E-state index contributed by atoms with van der Waals surface area (Å²) in [4.78, 5) is 23.3. The first-order valence-corrected chi connectivity index (χ1v) is 10.9. The monoisotopic (exact) mass is 452 g/mol. The minimum absolute atomic E-state index is 0.102. The highest BCUT2D eigenvalue weighted by molar-refractivity contribution is 7.92. The van der Waals surface area contributed by atoms with Crippen LogP contribution in [0.15, 0.2) is 94.9 Å². The van der Waals surface area contributed by atoms with Gasteiger partial charge in [0.25, 0.3) is 21.6 Å². The van der Waals surface area contributed by atoms with Gasteiger partial charge in [-0.3, -0.25) is 14.9 Å². The van der Waals surface area contributed by atoms with Crippen LogP contribution in [0, 0.1) is 10.1 Å². The number of carbonyl (C=O) groups excluding carboxylic acids is 1. The quantitative estimate of drug-likeness (QED) is 0.319. The van der Waals surface area contributed by atoms with Crippen molar-refractivity contribution in [3.8, 4) is 0 Å². The normalized spacial score (nSPS) is 11.6. The van der Waals surface area contributed by atoms with E-state index in [4.69, 9.17) is 0 Å². The smallest absolute Gasteiger partial charge is 0.271 e. The maximum atomic E-state index is 13.3. The summed E-state index contributed by atoms with van der Waals surface area (Å²) in [6, 6.07) is 21.8. The van der Waals surface area contributed by atoms with E-state index in [1.807, 2.05) is 30.3 Å². The van der Waals surface area contributed by atoms with Gasteiger partial charge in [0, 0.05) is 6.07 Å². The number of benzene rings is 3. The summed E-state index contributed by atoms with van der Waals surface area (Å²) in [5, 5.41) is 15.5. The van der Waals surface area contributed by atoms with E-state index in [2.05, 4.69) is 10.5 Å². The van der Waals surface area contributed by atoms with Crippen molar-refractivity contribution >= 4 is 33.0 Å². The fourth-order valence-corrected chi connectivity index (χ4v) is 4.36. The average Bonchev–Trinajstić information content (AvgIpc) is 2.82. The fraction of sp³-hybridized carbons (Fsp3) is 0.0909. The molecule has 0 fully saturated rings. The van der Waals surface area contributed by atoms with Crippen LogP contribution in [0.4, 0.5) is 11.4 Å². The Morgan fingerprint density at radius 1 is 0.969 bits per heavy atom. The lowest BCUT2D eigenvalue weighted by atomic mass is 10.1. The van der Waals surface area contributed by atoms with Crippen molar-refractivity contribution in [2.75, 3.05) is 10.8 Å². The summed E-state index contributed by atoms with van der Waals surface area (Å²) >= 11 is 0. The average molecular weight is 452 g/mol. The van der Waals surface area contributed by atoms with E-state index in [1.54, 1.807) is 13.0 Å². The van der Waals surface area contributed by atoms with Crippen LogP contribution in [-0.2, 0) is 14.8 Å². The van der Waals surface area contributed by atoms with E-state index in [0.29, 0.717) is 10.0 Å². The topological polar surface area (TPSA) is 122 Å². The number of nitro benzene ring substituents is 1. The number of nitrogens with one attached hydrogen (secondary N) is 1. The molecule has 0 atom stereocenters. The molecule has 164 valence electrons. The molecule has 0 heterocycles. The van der Waals surface area contributed by atoms with E-state index in [9.17, 15) is 23.3 Å². The van der Waals surface area contributed by atoms with Crippen LogP contribution in [0.25, 0.3) is 0 Å². The number of anilines is 1. The SMILES string of the molecule is C/C(=N/NC(=O)CN(c1ccccc1[N+](=O)[O-])S(=O)(=O)c1ccccc1)c1ccccc1. The molecule has 0 unspecified atom stereocenters. The molecule has 32 heavy (non-hydrogen) atoms. The van der Waals surface area contributed by atoms with Crippen LogP contribution in [0.2, 0.25) is 0 Å². The number of sulfonamides is 1. The van der Waals surface area contributed by atoms with Crippen molar-refractivity contribution in [3.63, 3.8) is 0 Å². The van der Waals surface area contributed by atoms with E-state index in [1.165, 1.54) is 48.5 Å². The molecule has 0 aliphatic rings. The molecule has 10 heteroatoms. The van der Waals surface area contributed by atoms with Crippen LogP contribution in [0.1, 0.15) is 12.5 Å². The van der Waals surface area contributed by atoms with Crippen LogP contribution in [0.3, 0.4) is 0 Å². The first-order valence-electron chi connectivity index (χ1n) is 9.50. The summed E-state index contributed by atoms with van der Waals surface area (Å²) in [7, 11) is -4.28. The zero-order chi connectivity index (χ0) is 23.1. The number of hydrogen-bond donors (Lipinski definition) is 1. The first-order chi connectivity index (χ1) is 15.3. The number of nitrogens with zero attached hydrogens (tertiary/aromatic N) is 3. The minimum Gasteiger partial charge on any atom is -0.271 e. The third-order valence-corrected chi connectivity index (χ3v) is 6.28. The fourth-order valence-electron chi connectivity index (χ4n) is 2.90. The van der Waals surface area contributed by atoms with Crippen LogP contribution < -0.4 is 9.73 Å². The summed E-state index contributed by atoms with van der Waals surface area (Å²) in [6.07, 6.45) is 0. The maximum absolute atomic E-state index is 13.3. The molecule has 0 aliphatic heterocycles. The van der Waals surface area contributed by atoms with E-state index in [-0.39, 0.29) is 10.6 Å².